The molecule has 6 rings (SSSR count). The molecule has 2 heterocycles. The molecule has 0 aliphatic heterocycles. The van der Waals surface area contributed by atoms with Crippen LogP contribution in [0.4, 0.5) is 0 Å². The summed E-state index contributed by atoms with van der Waals surface area (Å²) in [5.41, 5.74) is 12.4. The summed E-state index contributed by atoms with van der Waals surface area (Å²) in [7, 11) is -2.29. The van der Waals surface area contributed by atoms with Crippen molar-refractivity contribution < 1.29 is 0 Å². The fourth-order valence-corrected chi connectivity index (χ4v) is 12.0. The van der Waals surface area contributed by atoms with E-state index in [1.165, 1.54) is 42.4 Å². The fourth-order valence-electron chi connectivity index (χ4n) is 4.82. The lowest BCUT2D eigenvalue weighted by Gasteiger charge is -2.23. The maximum absolute atomic E-state index is 2.50. The maximum atomic E-state index is 2.50. The van der Waals surface area contributed by atoms with E-state index in [9.17, 15) is 0 Å². The number of hydrogen-bond donors (Lipinski definition) is 0. The first-order chi connectivity index (χ1) is 19.3. The standard InChI is InChI=1S/C36H28S2Si/c1-3-9-31(10-4-1)33-19-15-29(16-20-33)23-27-39(35-13-7-25-37-35,36-14-8-26-38-36)28-24-30-17-21-34(22-18-30)32-11-5-2-6-12-32/h1-28H. The average molecular weight is 553 g/mol. The van der Waals surface area contributed by atoms with Gasteiger partial charge in [0.25, 0.3) is 0 Å². The van der Waals surface area contributed by atoms with E-state index in [1.807, 2.05) is 22.7 Å². The van der Waals surface area contributed by atoms with Gasteiger partial charge in [0.05, 0.1) is 0 Å². The van der Waals surface area contributed by atoms with Crippen LogP contribution >= 0.6 is 22.7 Å². The van der Waals surface area contributed by atoms with Crippen LogP contribution in [0.1, 0.15) is 11.1 Å². The highest BCUT2D eigenvalue weighted by Crippen LogP contribution is 2.24. The zero-order valence-electron chi connectivity index (χ0n) is 21.5. The molecule has 6 aromatic rings. The zero-order valence-corrected chi connectivity index (χ0v) is 24.1. The van der Waals surface area contributed by atoms with Crippen molar-refractivity contribution in [3.8, 4) is 22.3 Å². The minimum atomic E-state index is -2.29. The van der Waals surface area contributed by atoms with E-state index >= 15 is 0 Å². The van der Waals surface area contributed by atoms with Gasteiger partial charge >= 0.3 is 0 Å². The van der Waals surface area contributed by atoms with Crippen molar-refractivity contribution in [2.75, 3.05) is 0 Å². The van der Waals surface area contributed by atoms with Crippen molar-refractivity contribution >= 4 is 51.9 Å². The number of benzene rings is 4. The summed E-state index contributed by atoms with van der Waals surface area (Å²) in [6, 6.07) is 47.9. The minimum Gasteiger partial charge on any atom is -0.152 e. The van der Waals surface area contributed by atoms with Crippen LogP contribution < -0.4 is 9.00 Å². The van der Waals surface area contributed by atoms with Gasteiger partial charge in [0.1, 0.15) is 0 Å². The van der Waals surface area contributed by atoms with Crippen LogP contribution in [0.15, 0.2) is 156 Å². The molecule has 0 unspecified atom stereocenters. The first-order valence-corrected chi connectivity index (χ1v) is 17.0. The van der Waals surface area contributed by atoms with E-state index in [0.717, 1.165) is 0 Å². The SMILES string of the molecule is C(=C[Si](C=Cc1ccc(-c2ccccc2)cc1)(c1cccs1)c1cccs1)c1ccc(-c2ccccc2)cc1. The summed E-state index contributed by atoms with van der Waals surface area (Å²) >= 11 is 3.73. The Bertz CT molecular complexity index is 1520. The molecule has 0 spiro atoms. The molecule has 188 valence electrons. The molecule has 0 saturated heterocycles. The highest BCUT2D eigenvalue weighted by atomic mass is 32.1. The summed E-state index contributed by atoms with van der Waals surface area (Å²) in [6.07, 6.45) is 4.65. The van der Waals surface area contributed by atoms with Crippen LogP contribution in [0.3, 0.4) is 0 Å². The predicted molar refractivity (Wildman–Crippen MR) is 175 cm³/mol. The van der Waals surface area contributed by atoms with E-state index in [2.05, 4.69) is 168 Å². The number of thiophene rings is 2. The quantitative estimate of drug-likeness (QED) is 0.165. The molecule has 0 bridgehead atoms. The Morgan fingerprint density at radius 3 is 1.13 bits per heavy atom. The molecule has 3 heteroatoms. The molecule has 0 N–H and O–H groups in total. The number of hydrogen-bond acceptors (Lipinski definition) is 2. The predicted octanol–water partition coefficient (Wildman–Crippen LogP) is 9.21. The minimum absolute atomic E-state index is 1.22. The Labute approximate surface area is 239 Å². The second kappa shape index (κ2) is 11.8. The summed E-state index contributed by atoms with van der Waals surface area (Å²) in [4.78, 5) is 0. The van der Waals surface area contributed by atoms with Crippen LogP contribution in [0.2, 0.25) is 0 Å². The van der Waals surface area contributed by atoms with Crippen LogP contribution in [-0.4, -0.2) is 8.07 Å². The van der Waals surface area contributed by atoms with Crippen molar-refractivity contribution in [3.05, 3.63) is 167 Å². The molecular formula is C36H28S2Si. The normalized spacial score (nSPS) is 11.9. The third-order valence-electron chi connectivity index (χ3n) is 6.97. The highest BCUT2D eigenvalue weighted by Gasteiger charge is 2.34. The Kier molecular flexibility index (Phi) is 7.64. The first-order valence-electron chi connectivity index (χ1n) is 13.1. The molecule has 0 radical (unpaired) electrons. The smallest absolute Gasteiger partial charge is 0.152 e. The number of rotatable bonds is 8. The largest absolute Gasteiger partial charge is 0.188 e. The molecule has 0 aliphatic carbocycles. The second-order valence-corrected chi connectivity index (χ2v) is 15.6. The Balaban J connectivity index is 1.35. The van der Waals surface area contributed by atoms with Crippen LogP contribution in [0.25, 0.3) is 34.4 Å². The van der Waals surface area contributed by atoms with Crippen molar-refractivity contribution in [2.45, 2.75) is 0 Å². The van der Waals surface area contributed by atoms with E-state index in [-0.39, 0.29) is 0 Å². The van der Waals surface area contributed by atoms with Crippen LogP contribution in [-0.2, 0) is 0 Å². The molecule has 0 atom stereocenters. The van der Waals surface area contributed by atoms with E-state index in [0.29, 0.717) is 0 Å². The average Bonchev–Trinajstić information content (AvgIpc) is 3.75. The summed E-state index contributed by atoms with van der Waals surface area (Å²) in [5, 5.41) is 4.41. The zero-order chi connectivity index (χ0) is 26.3. The van der Waals surface area contributed by atoms with Gasteiger partial charge in [0.2, 0.25) is 0 Å². The van der Waals surface area contributed by atoms with Gasteiger partial charge in [-0.3, -0.25) is 0 Å². The third-order valence-corrected chi connectivity index (χ3v) is 14.4. The van der Waals surface area contributed by atoms with Gasteiger partial charge < -0.3 is 0 Å². The van der Waals surface area contributed by atoms with Crippen LogP contribution in [0, 0.1) is 0 Å². The van der Waals surface area contributed by atoms with Gasteiger partial charge in [-0.15, -0.1) is 0 Å². The third kappa shape index (κ3) is 5.71. The molecule has 0 nitrogen and oxygen atoms in total. The van der Waals surface area contributed by atoms with Crippen LogP contribution in [0.5, 0.6) is 0 Å². The Morgan fingerprint density at radius 1 is 0.385 bits per heavy atom. The van der Waals surface area contributed by atoms with E-state index < -0.39 is 8.07 Å². The molecule has 4 aromatic carbocycles. The molecule has 0 amide bonds. The van der Waals surface area contributed by atoms with Gasteiger partial charge in [0, 0.05) is 9.00 Å². The highest BCUT2D eigenvalue weighted by molar-refractivity contribution is 7.38. The summed E-state index contributed by atoms with van der Waals surface area (Å²) in [5.74, 6) is 0. The van der Waals surface area contributed by atoms with E-state index in [4.69, 9.17) is 0 Å². The molecule has 39 heavy (non-hydrogen) atoms. The monoisotopic (exact) mass is 552 g/mol. The molecule has 2 aromatic heterocycles. The fraction of sp³-hybridized carbons (Fsp3) is 0. The second-order valence-electron chi connectivity index (χ2n) is 9.47. The van der Waals surface area contributed by atoms with Gasteiger partial charge in [0.15, 0.2) is 8.07 Å². The maximum Gasteiger partial charge on any atom is 0.188 e. The van der Waals surface area contributed by atoms with Crippen molar-refractivity contribution in [2.24, 2.45) is 0 Å². The summed E-state index contributed by atoms with van der Waals surface area (Å²) < 4.78 is 2.89. The van der Waals surface area contributed by atoms with Gasteiger partial charge in [-0.25, -0.2) is 0 Å². The first kappa shape index (κ1) is 25.3. The molecule has 0 fully saturated rings. The molecule has 0 aliphatic rings. The van der Waals surface area contributed by atoms with Crippen molar-refractivity contribution in [1.82, 2.24) is 0 Å². The molecule has 0 saturated carbocycles. The molecular weight excluding hydrogens is 525 g/mol. The Morgan fingerprint density at radius 2 is 0.769 bits per heavy atom. The topological polar surface area (TPSA) is 0 Å². The van der Waals surface area contributed by atoms with E-state index in [1.54, 1.807) is 0 Å². The lowest BCUT2D eigenvalue weighted by molar-refractivity contribution is 1.60. The lowest BCUT2D eigenvalue weighted by Crippen LogP contribution is -2.53. The van der Waals surface area contributed by atoms with Gasteiger partial charge in [-0.2, -0.15) is 22.7 Å². The lowest BCUT2D eigenvalue weighted by atomic mass is 10.0. The van der Waals surface area contributed by atoms with Crippen molar-refractivity contribution in [1.29, 1.82) is 0 Å². The van der Waals surface area contributed by atoms with Crippen molar-refractivity contribution in [3.63, 3.8) is 0 Å². The Hall–Kier alpha value is -4.02. The van der Waals surface area contributed by atoms with Gasteiger partial charge in [-0.05, 0) is 44.1 Å². The summed E-state index contributed by atoms with van der Waals surface area (Å²) in [6.45, 7) is 0. The van der Waals surface area contributed by atoms with Gasteiger partial charge in [-0.1, -0.05) is 157 Å².